The molecule has 7 heteroatoms. The van der Waals surface area contributed by atoms with Crippen molar-refractivity contribution in [3.63, 3.8) is 0 Å². The topological polar surface area (TPSA) is 54.0 Å². The van der Waals surface area contributed by atoms with Crippen LogP contribution < -0.4 is 4.90 Å². The molecule has 5 rings (SSSR count). The Bertz CT molecular complexity index is 988. The zero-order valence-electron chi connectivity index (χ0n) is 13.3. The van der Waals surface area contributed by atoms with Crippen LogP contribution in [0.2, 0.25) is 0 Å². The molecule has 0 radical (unpaired) electrons. The van der Waals surface area contributed by atoms with Crippen LogP contribution in [0.5, 0.6) is 0 Å². The minimum absolute atomic E-state index is 0.757. The maximum atomic E-state index is 5.59. The molecule has 24 heavy (non-hydrogen) atoms. The second kappa shape index (κ2) is 5.75. The summed E-state index contributed by atoms with van der Waals surface area (Å²) in [6.45, 7) is 3.28. The smallest absolute Gasteiger partial charge is 0.138 e. The number of aryl methyl sites for hydroxylation is 2. The normalized spacial score (nSPS) is 18.2. The number of aromatic nitrogens is 3. The fraction of sp³-hybridized carbons (Fsp3) is 0.471. The van der Waals surface area contributed by atoms with Crippen molar-refractivity contribution in [1.82, 2.24) is 15.0 Å². The van der Waals surface area contributed by atoms with Gasteiger partial charge in [-0.25, -0.2) is 9.97 Å². The summed E-state index contributed by atoms with van der Waals surface area (Å²) in [7, 11) is 0. The molecule has 1 N–H and O–H groups in total. The van der Waals surface area contributed by atoms with Crippen molar-refractivity contribution in [2.75, 3.05) is 31.2 Å². The maximum Gasteiger partial charge on any atom is 0.138 e. The largest absolute Gasteiger partial charge is 0.378 e. The Morgan fingerprint density at radius 3 is 2.88 bits per heavy atom. The minimum Gasteiger partial charge on any atom is -0.378 e. The van der Waals surface area contributed by atoms with E-state index in [1.165, 1.54) is 34.2 Å². The lowest BCUT2D eigenvalue weighted by atomic mass is 9.94. The SMILES string of the molecule is S=c1[nH]cnc2sc3c4c(nc(N5CCOCC5)c3c12)CCCC4. The van der Waals surface area contributed by atoms with E-state index < -0.39 is 0 Å². The quantitative estimate of drug-likeness (QED) is 0.674. The average Bonchev–Trinajstić information content (AvgIpc) is 3.03. The first-order valence-electron chi connectivity index (χ1n) is 8.47. The summed E-state index contributed by atoms with van der Waals surface area (Å²) in [6, 6.07) is 0. The van der Waals surface area contributed by atoms with Crippen LogP contribution in [0.3, 0.4) is 0 Å². The molecule has 0 saturated carbocycles. The summed E-state index contributed by atoms with van der Waals surface area (Å²) in [5, 5.41) is 2.27. The van der Waals surface area contributed by atoms with Gasteiger partial charge in [-0.2, -0.15) is 0 Å². The van der Waals surface area contributed by atoms with E-state index in [1.54, 1.807) is 17.7 Å². The number of nitrogens with one attached hydrogen (secondary N) is 1. The predicted octanol–water partition coefficient (Wildman–Crippen LogP) is 3.62. The summed E-state index contributed by atoms with van der Waals surface area (Å²) >= 11 is 7.36. The van der Waals surface area contributed by atoms with Crippen LogP contribution >= 0.6 is 23.6 Å². The first kappa shape index (κ1) is 14.7. The summed E-state index contributed by atoms with van der Waals surface area (Å²) in [5.41, 5.74) is 2.70. The van der Waals surface area contributed by atoms with E-state index in [-0.39, 0.29) is 0 Å². The number of pyridine rings is 1. The van der Waals surface area contributed by atoms with Gasteiger partial charge < -0.3 is 14.6 Å². The third kappa shape index (κ3) is 2.18. The molecule has 2 aliphatic rings. The lowest BCUT2D eigenvalue weighted by Crippen LogP contribution is -2.37. The van der Waals surface area contributed by atoms with E-state index in [9.17, 15) is 0 Å². The molecule has 1 aliphatic heterocycles. The van der Waals surface area contributed by atoms with E-state index in [0.29, 0.717) is 0 Å². The molecular formula is C17H18N4OS2. The number of fused-ring (bicyclic) bond motifs is 5. The Balaban J connectivity index is 1.89. The lowest BCUT2D eigenvalue weighted by Gasteiger charge is -2.30. The number of morpholine rings is 1. The zero-order chi connectivity index (χ0) is 16.1. The van der Waals surface area contributed by atoms with Crippen LogP contribution in [0.4, 0.5) is 5.82 Å². The molecule has 1 aliphatic carbocycles. The number of H-pyrrole nitrogens is 1. The first-order chi connectivity index (χ1) is 11.8. The average molecular weight is 358 g/mol. The third-order valence-corrected chi connectivity index (χ3v) is 6.46. The summed E-state index contributed by atoms with van der Waals surface area (Å²) in [6.07, 6.45) is 6.38. The fourth-order valence-corrected chi connectivity index (χ4v) is 5.37. The number of aromatic amines is 1. The molecule has 5 nitrogen and oxygen atoms in total. The molecule has 0 bridgehead atoms. The Morgan fingerprint density at radius 1 is 1.17 bits per heavy atom. The first-order valence-corrected chi connectivity index (χ1v) is 9.70. The van der Waals surface area contributed by atoms with Crippen LogP contribution in [0.1, 0.15) is 24.1 Å². The summed E-state index contributed by atoms with van der Waals surface area (Å²) < 4.78 is 7.64. The Kier molecular flexibility index (Phi) is 3.53. The van der Waals surface area contributed by atoms with Gasteiger partial charge in [0.1, 0.15) is 15.3 Å². The van der Waals surface area contributed by atoms with E-state index >= 15 is 0 Å². The van der Waals surface area contributed by atoms with Gasteiger partial charge in [0.15, 0.2) is 0 Å². The van der Waals surface area contributed by atoms with Crippen LogP contribution in [-0.4, -0.2) is 41.3 Å². The van der Waals surface area contributed by atoms with E-state index in [0.717, 1.165) is 59.8 Å². The van der Waals surface area contributed by atoms with Crippen LogP contribution in [0, 0.1) is 4.64 Å². The highest BCUT2D eigenvalue weighted by atomic mass is 32.1. The minimum atomic E-state index is 0.757. The Hall–Kier alpha value is -1.57. The molecule has 124 valence electrons. The maximum absolute atomic E-state index is 5.59. The van der Waals surface area contributed by atoms with E-state index in [4.69, 9.17) is 21.9 Å². The monoisotopic (exact) mass is 358 g/mol. The van der Waals surface area contributed by atoms with Crippen LogP contribution in [0.15, 0.2) is 6.33 Å². The number of ether oxygens (including phenoxy) is 1. The number of thiophene rings is 1. The molecule has 0 spiro atoms. The molecule has 1 saturated heterocycles. The molecule has 0 amide bonds. The molecule has 0 unspecified atom stereocenters. The van der Waals surface area contributed by atoms with Gasteiger partial charge in [0, 0.05) is 28.9 Å². The predicted molar refractivity (Wildman–Crippen MR) is 99.8 cm³/mol. The Labute approximate surface area is 148 Å². The zero-order valence-corrected chi connectivity index (χ0v) is 14.9. The van der Waals surface area contributed by atoms with Crippen molar-refractivity contribution in [3.8, 4) is 0 Å². The number of rotatable bonds is 1. The van der Waals surface area contributed by atoms with Gasteiger partial charge in [-0.3, -0.25) is 0 Å². The molecule has 0 atom stereocenters. The van der Waals surface area contributed by atoms with Crippen molar-refractivity contribution in [1.29, 1.82) is 0 Å². The number of hydrogen-bond acceptors (Lipinski definition) is 6. The van der Waals surface area contributed by atoms with Gasteiger partial charge in [-0.1, -0.05) is 12.2 Å². The van der Waals surface area contributed by atoms with Gasteiger partial charge >= 0.3 is 0 Å². The number of hydrogen-bond donors (Lipinski definition) is 1. The second-order valence-electron chi connectivity index (χ2n) is 6.39. The van der Waals surface area contributed by atoms with E-state index in [2.05, 4.69) is 14.9 Å². The molecular weight excluding hydrogens is 340 g/mol. The van der Waals surface area contributed by atoms with Gasteiger partial charge in [0.2, 0.25) is 0 Å². The van der Waals surface area contributed by atoms with Gasteiger partial charge in [-0.05, 0) is 31.2 Å². The molecule has 1 fully saturated rings. The highest BCUT2D eigenvalue weighted by Gasteiger charge is 2.25. The number of anilines is 1. The van der Waals surface area contributed by atoms with Gasteiger partial charge in [-0.15, -0.1) is 11.3 Å². The van der Waals surface area contributed by atoms with Crippen molar-refractivity contribution in [3.05, 3.63) is 22.2 Å². The number of nitrogens with zero attached hydrogens (tertiary/aromatic N) is 3. The highest BCUT2D eigenvalue weighted by Crippen LogP contribution is 2.42. The summed E-state index contributed by atoms with van der Waals surface area (Å²) in [4.78, 5) is 16.1. The standard InChI is InChI=1S/C17H18N4OS2/c23-16-13-12-14(24-17(13)19-9-18-16)10-3-1-2-4-11(10)20-15(12)21-5-7-22-8-6-21/h9H,1-8H2,(H,18,19,23). The molecule has 4 heterocycles. The van der Waals surface area contributed by atoms with Gasteiger partial charge in [0.05, 0.1) is 24.9 Å². The second-order valence-corrected chi connectivity index (χ2v) is 7.79. The molecule has 3 aromatic rings. The van der Waals surface area contributed by atoms with Crippen molar-refractivity contribution in [2.45, 2.75) is 25.7 Å². The summed E-state index contributed by atoms with van der Waals surface area (Å²) in [5.74, 6) is 1.08. The van der Waals surface area contributed by atoms with Crippen LogP contribution in [0.25, 0.3) is 20.3 Å². The molecule has 0 aromatic carbocycles. The van der Waals surface area contributed by atoms with Gasteiger partial charge in [0.25, 0.3) is 0 Å². The van der Waals surface area contributed by atoms with Crippen molar-refractivity contribution in [2.24, 2.45) is 0 Å². The van der Waals surface area contributed by atoms with Crippen LogP contribution in [-0.2, 0) is 17.6 Å². The lowest BCUT2D eigenvalue weighted by molar-refractivity contribution is 0.122. The third-order valence-electron chi connectivity index (χ3n) is 4.98. The Morgan fingerprint density at radius 2 is 2.00 bits per heavy atom. The molecule has 3 aromatic heterocycles. The van der Waals surface area contributed by atoms with Crippen molar-refractivity contribution >= 4 is 49.7 Å². The fourth-order valence-electron chi connectivity index (χ4n) is 3.81. The highest BCUT2D eigenvalue weighted by molar-refractivity contribution is 7.71. The van der Waals surface area contributed by atoms with E-state index in [1.807, 2.05) is 0 Å². The van der Waals surface area contributed by atoms with Crippen molar-refractivity contribution < 1.29 is 4.74 Å².